The third-order valence-corrected chi connectivity index (χ3v) is 5.13. The SMILES string of the molecule is CC(N=O)c1ccc(=N)n(C(=N)C(C)c2c(F)cc3ncc(C(C)(C)O)cc3c2F)n1. The van der Waals surface area contributed by atoms with E-state index in [-0.39, 0.29) is 33.5 Å². The molecule has 0 amide bonds. The Bertz CT molecular complexity index is 1250. The van der Waals surface area contributed by atoms with Crippen molar-refractivity contribution in [1.29, 1.82) is 10.8 Å². The largest absolute Gasteiger partial charge is 0.386 e. The van der Waals surface area contributed by atoms with E-state index in [1.807, 2.05) is 0 Å². The molecule has 8 nitrogen and oxygen atoms in total. The van der Waals surface area contributed by atoms with Crippen LogP contribution in [0, 0.1) is 27.4 Å². The number of aliphatic hydroxyl groups is 1. The average molecular weight is 428 g/mol. The quantitative estimate of drug-likeness (QED) is 0.324. The summed E-state index contributed by atoms with van der Waals surface area (Å²) in [7, 11) is 0. The Kier molecular flexibility index (Phi) is 5.77. The summed E-state index contributed by atoms with van der Waals surface area (Å²) in [6.07, 6.45) is 1.35. The monoisotopic (exact) mass is 428 g/mol. The van der Waals surface area contributed by atoms with Crippen LogP contribution >= 0.6 is 0 Å². The highest BCUT2D eigenvalue weighted by Crippen LogP contribution is 2.31. The predicted octanol–water partition coefficient (Wildman–Crippen LogP) is 3.87. The van der Waals surface area contributed by atoms with Crippen molar-refractivity contribution in [2.24, 2.45) is 5.18 Å². The summed E-state index contributed by atoms with van der Waals surface area (Å²) in [6.45, 7) is 5.98. The van der Waals surface area contributed by atoms with E-state index in [9.17, 15) is 14.4 Å². The van der Waals surface area contributed by atoms with Crippen molar-refractivity contribution in [1.82, 2.24) is 14.8 Å². The highest BCUT2D eigenvalue weighted by Gasteiger charge is 2.26. The number of fused-ring (bicyclic) bond motifs is 1. The second kappa shape index (κ2) is 8.03. The van der Waals surface area contributed by atoms with Crippen LogP contribution in [0.3, 0.4) is 0 Å². The fraction of sp³-hybridized carbons (Fsp3) is 0.333. The first-order chi connectivity index (χ1) is 14.5. The van der Waals surface area contributed by atoms with Crippen LogP contribution in [0.2, 0.25) is 0 Å². The molecule has 0 saturated heterocycles. The van der Waals surface area contributed by atoms with Gasteiger partial charge in [-0.1, -0.05) is 12.1 Å². The van der Waals surface area contributed by atoms with Gasteiger partial charge in [-0.15, -0.1) is 0 Å². The molecule has 3 aromatic rings. The summed E-state index contributed by atoms with van der Waals surface area (Å²) in [4.78, 5) is 14.9. The maximum absolute atomic E-state index is 15.4. The number of nitroso groups, excluding NO2 is 1. The molecule has 0 spiro atoms. The summed E-state index contributed by atoms with van der Waals surface area (Å²) in [5.74, 6) is -3.27. The molecule has 0 aliphatic carbocycles. The van der Waals surface area contributed by atoms with E-state index >= 15 is 4.39 Å². The van der Waals surface area contributed by atoms with Crippen LogP contribution in [-0.2, 0) is 5.60 Å². The number of benzene rings is 1. The van der Waals surface area contributed by atoms with Crippen molar-refractivity contribution >= 4 is 16.7 Å². The van der Waals surface area contributed by atoms with Gasteiger partial charge in [0.1, 0.15) is 29.0 Å². The fourth-order valence-electron chi connectivity index (χ4n) is 3.16. The maximum atomic E-state index is 15.4. The van der Waals surface area contributed by atoms with Crippen LogP contribution in [0.15, 0.2) is 35.6 Å². The van der Waals surface area contributed by atoms with E-state index in [0.29, 0.717) is 5.56 Å². The molecule has 31 heavy (non-hydrogen) atoms. The highest BCUT2D eigenvalue weighted by atomic mass is 19.1. The molecule has 0 fully saturated rings. The maximum Gasteiger partial charge on any atom is 0.148 e. The first kappa shape index (κ1) is 22.3. The zero-order valence-electron chi connectivity index (χ0n) is 17.4. The molecule has 2 atom stereocenters. The molecule has 1 aromatic carbocycles. The zero-order chi connectivity index (χ0) is 23.1. The molecule has 10 heteroatoms. The lowest BCUT2D eigenvalue weighted by Crippen LogP contribution is -2.33. The van der Waals surface area contributed by atoms with E-state index in [4.69, 9.17) is 10.8 Å². The molecule has 162 valence electrons. The van der Waals surface area contributed by atoms with Gasteiger partial charge in [-0.2, -0.15) is 10.0 Å². The van der Waals surface area contributed by atoms with E-state index < -0.39 is 29.2 Å². The van der Waals surface area contributed by atoms with Crippen LogP contribution in [0.25, 0.3) is 10.9 Å². The van der Waals surface area contributed by atoms with Crippen molar-refractivity contribution in [2.45, 2.75) is 45.3 Å². The molecule has 0 saturated carbocycles. The number of hydrogen-bond donors (Lipinski definition) is 3. The van der Waals surface area contributed by atoms with Crippen LogP contribution in [0.1, 0.15) is 56.5 Å². The van der Waals surface area contributed by atoms with E-state index in [1.54, 1.807) is 0 Å². The zero-order valence-corrected chi connectivity index (χ0v) is 17.4. The summed E-state index contributed by atoms with van der Waals surface area (Å²) in [6, 6.07) is 4.42. The van der Waals surface area contributed by atoms with Gasteiger partial charge in [-0.25, -0.2) is 13.5 Å². The Hall–Kier alpha value is -3.40. The highest BCUT2D eigenvalue weighted by molar-refractivity contribution is 5.89. The Balaban J connectivity index is 2.14. The first-order valence-electron chi connectivity index (χ1n) is 9.52. The van der Waals surface area contributed by atoms with Gasteiger partial charge in [0.2, 0.25) is 0 Å². The van der Waals surface area contributed by atoms with Crippen LogP contribution in [0.5, 0.6) is 0 Å². The first-order valence-corrected chi connectivity index (χ1v) is 9.52. The minimum atomic E-state index is -1.27. The molecule has 0 radical (unpaired) electrons. The summed E-state index contributed by atoms with van der Waals surface area (Å²) >= 11 is 0. The number of halogens is 2. The standard InChI is InChI=1S/C21H22F2N6O2/c1-10(20(25)29-17(24)6-5-15(27-29)11(2)28-31)18-14(22)8-16-13(19(18)23)7-12(9-26-16)21(3,4)30/h5-11,24-25,30H,1-4H3. The summed E-state index contributed by atoms with van der Waals surface area (Å²) in [5.41, 5.74) is -1.19. The van der Waals surface area contributed by atoms with E-state index in [1.165, 1.54) is 52.1 Å². The number of hydrogen-bond acceptors (Lipinski definition) is 7. The van der Waals surface area contributed by atoms with Gasteiger partial charge < -0.3 is 5.11 Å². The number of nitrogens with one attached hydrogen (secondary N) is 2. The lowest BCUT2D eigenvalue weighted by atomic mass is 9.94. The molecule has 0 aliphatic rings. The minimum absolute atomic E-state index is 0.00672. The van der Waals surface area contributed by atoms with Gasteiger partial charge in [0, 0.05) is 34.7 Å². The summed E-state index contributed by atoms with van der Waals surface area (Å²) in [5, 5.41) is 33.6. The van der Waals surface area contributed by atoms with Crippen molar-refractivity contribution < 1.29 is 13.9 Å². The number of nitrogens with zero attached hydrogens (tertiary/aromatic N) is 4. The lowest BCUT2D eigenvalue weighted by Gasteiger charge is -2.20. The molecule has 0 aliphatic heterocycles. The minimum Gasteiger partial charge on any atom is -0.386 e. The number of aromatic nitrogens is 3. The van der Waals surface area contributed by atoms with Crippen molar-refractivity contribution in [2.75, 3.05) is 0 Å². The van der Waals surface area contributed by atoms with Crippen molar-refractivity contribution in [3.63, 3.8) is 0 Å². The lowest BCUT2D eigenvalue weighted by molar-refractivity contribution is 0.0784. The van der Waals surface area contributed by atoms with Gasteiger partial charge in [0.05, 0.1) is 16.8 Å². The molecule has 3 N–H and O–H groups in total. The molecule has 2 unspecified atom stereocenters. The van der Waals surface area contributed by atoms with Gasteiger partial charge in [-0.05, 0) is 39.0 Å². The van der Waals surface area contributed by atoms with Crippen LogP contribution in [0.4, 0.5) is 8.78 Å². The Labute approximate surface area is 176 Å². The van der Waals surface area contributed by atoms with Crippen molar-refractivity contribution in [3.05, 3.63) is 69.3 Å². The number of pyridine rings is 1. The second-order valence-corrected chi connectivity index (χ2v) is 7.88. The fourth-order valence-corrected chi connectivity index (χ4v) is 3.16. The van der Waals surface area contributed by atoms with E-state index in [2.05, 4.69) is 15.3 Å². The van der Waals surface area contributed by atoms with Crippen LogP contribution < -0.4 is 5.49 Å². The summed E-state index contributed by atoms with van der Waals surface area (Å²) < 4.78 is 31.2. The van der Waals surface area contributed by atoms with Gasteiger partial charge in [-0.3, -0.25) is 15.8 Å². The molecular formula is C21H22F2N6O2. The number of rotatable bonds is 5. The molecule has 3 rings (SSSR count). The smallest absolute Gasteiger partial charge is 0.148 e. The van der Waals surface area contributed by atoms with Crippen molar-refractivity contribution in [3.8, 4) is 0 Å². The predicted molar refractivity (Wildman–Crippen MR) is 111 cm³/mol. The van der Waals surface area contributed by atoms with Gasteiger partial charge >= 0.3 is 0 Å². The normalized spacial score (nSPS) is 13.8. The van der Waals surface area contributed by atoms with Crippen LogP contribution in [-0.4, -0.2) is 25.7 Å². The average Bonchev–Trinajstić information content (AvgIpc) is 2.72. The molecule has 0 bridgehead atoms. The topological polar surface area (TPSA) is 128 Å². The van der Waals surface area contributed by atoms with Gasteiger partial charge in [0.15, 0.2) is 0 Å². The van der Waals surface area contributed by atoms with Gasteiger partial charge in [0.25, 0.3) is 0 Å². The molecular weight excluding hydrogens is 406 g/mol. The molecule has 2 aromatic heterocycles. The van der Waals surface area contributed by atoms with E-state index in [0.717, 1.165) is 10.7 Å². The third kappa shape index (κ3) is 4.11. The third-order valence-electron chi connectivity index (χ3n) is 5.13. The Morgan fingerprint density at radius 1 is 1.26 bits per heavy atom. The Morgan fingerprint density at radius 3 is 2.55 bits per heavy atom. The molecule has 2 heterocycles. The second-order valence-electron chi connectivity index (χ2n) is 7.88. The Morgan fingerprint density at radius 2 is 1.94 bits per heavy atom.